The van der Waals surface area contributed by atoms with Crippen molar-refractivity contribution in [3.05, 3.63) is 65.7 Å². The van der Waals surface area contributed by atoms with Gasteiger partial charge in [-0.2, -0.15) is 0 Å². The van der Waals surface area contributed by atoms with Crippen LogP contribution in [-0.2, 0) is 20.9 Å². The van der Waals surface area contributed by atoms with Crippen molar-refractivity contribution < 1.29 is 14.3 Å². The third-order valence-electron chi connectivity index (χ3n) is 6.23. The molecule has 5 rings (SSSR count). The van der Waals surface area contributed by atoms with E-state index < -0.39 is 11.6 Å². The third-order valence-corrected chi connectivity index (χ3v) is 6.45. The number of nitrogens with one attached hydrogen (secondary N) is 3. The summed E-state index contributed by atoms with van der Waals surface area (Å²) in [6.07, 6.45) is 5.13. The number of H-pyrrole nitrogens is 1. The fourth-order valence-electron chi connectivity index (χ4n) is 4.53. The molecule has 0 aliphatic carbocycles. The second-order valence-corrected chi connectivity index (χ2v) is 9.94. The van der Waals surface area contributed by atoms with Crippen LogP contribution in [0.1, 0.15) is 19.5 Å². The number of benzene rings is 1. The van der Waals surface area contributed by atoms with Gasteiger partial charge in [0.1, 0.15) is 6.04 Å². The number of amides is 2. The number of hydrogen-bond donors (Lipinski definition) is 3. The van der Waals surface area contributed by atoms with Crippen molar-refractivity contribution in [2.75, 3.05) is 25.0 Å². The van der Waals surface area contributed by atoms with Crippen LogP contribution in [0.2, 0.25) is 5.02 Å². The molecule has 1 fully saturated rings. The van der Waals surface area contributed by atoms with E-state index in [-0.39, 0.29) is 25.0 Å². The number of morpholine rings is 1. The fraction of sp³-hybridized carbons (Fsp3) is 0.308. The van der Waals surface area contributed by atoms with Gasteiger partial charge < -0.3 is 20.4 Å². The highest BCUT2D eigenvalue weighted by atomic mass is 35.5. The maximum Gasteiger partial charge on any atom is 0.244 e. The number of carbonyl (C=O) groups excluding carboxylic acids is 2. The van der Waals surface area contributed by atoms with Crippen LogP contribution in [0.4, 0.5) is 5.69 Å². The summed E-state index contributed by atoms with van der Waals surface area (Å²) in [5.41, 5.74) is 2.43. The molecule has 0 unspecified atom stereocenters. The lowest BCUT2D eigenvalue weighted by molar-refractivity contribution is -0.146. The van der Waals surface area contributed by atoms with Crippen LogP contribution in [0.5, 0.6) is 0 Å². The van der Waals surface area contributed by atoms with E-state index in [9.17, 15) is 9.59 Å². The van der Waals surface area contributed by atoms with Crippen LogP contribution < -0.4 is 10.6 Å². The topological polar surface area (TPSA) is 112 Å². The van der Waals surface area contributed by atoms with Crippen LogP contribution in [0, 0.1) is 0 Å². The lowest BCUT2D eigenvalue weighted by Gasteiger charge is -2.42. The number of halogens is 1. The fourth-order valence-corrected chi connectivity index (χ4v) is 4.75. The lowest BCUT2D eigenvalue weighted by atomic mass is 10.0. The number of pyridine rings is 2. The van der Waals surface area contributed by atoms with Gasteiger partial charge in [0.25, 0.3) is 0 Å². The second-order valence-electron chi connectivity index (χ2n) is 9.50. The first kappa shape index (κ1) is 24.2. The molecule has 2 amide bonds. The Balaban J connectivity index is 1.35. The zero-order valence-corrected chi connectivity index (χ0v) is 20.8. The Morgan fingerprint density at radius 2 is 2.08 bits per heavy atom. The smallest absolute Gasteiger partial charge is 0.244 e. The molecule has 1 atom stereocenters. The third kappa shape index (κ3) is 5.18. The van der Waals surface area contributed by atoms with Gasteiger partial charge in [-0.25, -0.2) is 0 Å². The number of carbonyl (C=O) groups is 2. The van der Waals surface area contributed by atoms with Crippen molar-refractivity contribution in [1.82, 2.24) is 25.2 Å². The second kappa shape index (κ2) is 9.85. The van der Waals surface area contributed by atoms with Gasteiger partial charge in [0.05, 0.1) is 53.9 Å². The Morgan fingerprint density at radius 3 is 2.89 bits per heavy atom. The van der Waals surface area contributed by atoms with E-state index in [1.54, 1.807) is 24.7 Å². The number of anilines is 1. The van der Waals surface area contributed by atoms with Gasteiger partial charge in [0.15, 0.2) is 0 Å². The quantitative estimate of drug-likeness (QED) is 0.369. The molecule has 0 spiro atoms. The predicted octanol–water partition coefficient (Wildman–Crippen LogP) is 3.50. The molecule has 3 aromatic heterocycles. The van der Waals surface area contributed by atoms with E-state index in [0.29, 0.717) is 23.8 Å². The first-order valence-corrected chi connectivity index (χ1v) is 12.1. The Hall–Kier alpha value is -3.53. The molecule has 1 saturated heterocycles. The van der Waals surface area contributed by atoms with E-state index in [1.807, 2.05) is 49.1 Å². The molecule has 3 N–H and O–H groups in total. The Bertz CT molecular complexity index is 1420. The summed E-state index contributed by atoms with van der Waals surface area (Å²) >= 11 is 6.40. The largest absolute Gasteiger partial charge is 0.372 e. The van der Waals surface area contributed by atoms with Gasteiger partial charge in [-0.05, 0) is 44.2 Å². The van der Waals surface area contributed by atoms with Crippen LogP contribution >= 0.6 is 11.6 Å². The minimum atomic E-state index is -0.654. The number of rotatable bonds is 6. The Kier molecular flexibility index (Phi) is 6.61. The summed E-state index contributed by atoms with van der Waals surface area (Å²) in [7, 11) is 0. The van der Waals surface area contributed by atoms with E-state index in [0.717, 1.165) is 27.5 Å². The zero-order chi connectivity index (χ0) is 25.3. The van der Waals surface area contributed by atoms with E-state index in [4.69, 9.17) is 16.3 Å². The Morgan fingerprint density at radius 1 is 1.22 bits per heavy atom. The van der Waals surface area contributed by atoms with Crippen molar-refractivity contribution in [2.24, 2.45) is 0 Å². The monoisotopic (exact) mass is 506 g/mol. The van der Waals surface area contributed by atoms with Crippen molar-refractivity contribution in [3.63, 3.8) is 0 Å². The summed E-state index contributed by atoms with van der Waals surface area (Å²) in [6, 6.07) is 10.4. The molecular weight excluding hydrogens is 480 g/mol. The summed E-state index contributed by atoms with van der Waals surface area (Å²) in [4.78, 5) is 39.8. The summed E-state index contributed by atoms with van der Waals surface area (Å²) in [5, 5.41) is 8.25. The molecule has 4 aromatic rings. The number of hydrogen-bond acceptors (Lipinski definition) is 6. The van der Waals surface area contributed by atoms with Crippen LogP contribution in [0.15, 0.2) is 55.0 Å². The van der Waals surface area contributed by atoms with Crippen molar-refractivity contribution >= 4 is 50.9 Å². The molecule has 36 heavy (non-hydrogen) atoms. The maximum absolute atomic E-state index is 13.5. The van der Waals surface area contributed by atoms with E-state index in [1.165, 1.54) is 0 Å². The standard InChI is InChI=1S/C26H27ClN6O3/c1-26(2)15-33(13-23(34)30-11-17-5-3-4-7-29-17)22(14-36-26)25(35)32-20-10-16(27)9-19-18-6-8-28-12-21(18)31-24(19)20/h3-10,12,22,31H,11,13-15H2,1-2H3,(H,30,34)(H,32,35)/t22-/m0/s1. The predicted molar refractivity (Wildman–Crippen MR) is 139 cm³/mol. The zero-order valence-electron chi connectivity index (χ0n) is 20.0. The SMILES string of the molecule is CC1(C)CN(CC(=O)NCc2ccccn2)[C@H](C(=O)Nc2cc(Cl)cc3c2[nH]c2cnccc23)CO1. The molecule has 0 bridgehead atoms. The Labute approximate surface area is 213 Å². The van der Waals surface area contributed by atoms with Gasteiger partial charge in [-0.3, -0.25) is 24.5 Å². The molecule has 0 saturated carbocycles. The lowest BCUT2D eigenvalue weighted by Crippen LogP contribution is -2.60. The highest BCUT2D eigenvalue weighted by molar-refractivity contribution is 6.33. The highest BCUT2D eigenvalue weighted by Crippen LogP contribution is 2.33. The van der Waals surface area contributed by atoms with Crippen LogP contribution in [-0.4, -0.2) is 63.0 Å². The molecular formula is C26H27ClN6O3. The van der Waals surface area contributed by atoms with Crippen LogP contribution in [0.25, 0.3) is 21.8 Å². The first-order chi connectivity index (χ1) is 17.3. The molecule has 10 heteroatoms. The van der Waals surface area contributed by atoms with Gasteiger partial charge in [-0.15, -0.1) is 0 Å². The van der Waals surface area contributed by atoms with Gasteiger partial charge >= 0.3 is 0 Å². The van der Waals surface area contributed by atoms with E-state index in [2.05, 4.69) is 25.6 Å². The summed E-state index contributed by atoms with van der Waals surface area (Å²) < 4.78 is 5.95. The summed E-state index contributed by atoms with van der Waals surface area (Å²) in [6.45, 7) is 4.84. The van der Waals surface area contributed by atoms with Crippen LogP contribution in [0.3, 0.4) is 0 Å². The number of nitrogens with zero attached hydrogens (tertiary/aromatic N) is 3. The number of aromatic amines is 1. The molecule has 1 aromatic carbocycles. The van der Waals surface area contributed by atoms with Crippen molar-refractivity contribution in [1.29, 1.82) is 0 Å². The van der Waals surface area contributed by atoms with E-state index >= 15 is 0 Å². The maximum atomic E-state index is 13.5. The average Bonchev–Trinajstić information content (AvgIpc) is 3.22. The molecule has 0 radical (unpaired) electrons. The van der Waals surface area contributed by atoms with Crippen molar-refractivity contribution in [2.45, 2.75) is 32.0 Å². The number of ether oxygens (including phenoxy) is 1. The number of fused-ring (bicyclic) bond motifs is 3. The minimum absolute atomic E-state index is 0.0563. The normalized spacial score (nSPS) is 17.8. The highest BCUT2D eigenvalue weighted by Gasteiger charge is 2.38. The molecule has 186 valence electrons. The first-order valence-electron chi connectivity index (χ1n) is 11.7. The minimum Gasteiger partial charge on any atom is -0.372 e. The van der Waals surface area contributed by atoms with Gasteiger partial charge in [0, 0.05) is 34.7 Å². The van der Waals surface area contributed by atoms with Crippen molar-refractivity contribution in [3.8, 4) is 0 Å². The van der Waals surface area contributed by atoms with Gasteiger partial charge in [-0.1, -0.05) is 17.7 Å². The molecule has 4 heterocycles. The number of aromatic nitrogens is 3. The molecule has 1 aliphatic heterocycles. The average molecular weight is 507 g/mol. The molecule has 9 nitrogen and oxygen atoms in total. The van der Waals surface area contributed by atoms with Gasteiger partial charge in [0.2, 0.25) is 11.8 Å². The summed E-state index contributed by atoms with van der Waals surface area (Å²) in [5.74, 6) is -0.465. The molecule has 1 aliphatic rings.